The normalized spacial score (nSPS) is 12.8. The molecule has 1 unspecified atom stereocenters. The number of aromatic nitrogens is 1. The maximum absolute atomic E-state index is 8.95. The molecule has 0 spiro atoms. The van der Waals surface area contributed by atoms with E-state index in [1.165, 1.54) is 0 Å². The minimum atomic E-state index is 0.177. The number of pyridine rings is 1. The summed E-state index contributed by atoms with van der Waals surface area (Å²) in [5.74, 6) is 0.942. The molecule has 0 radical (unpaired) electrons. The standard InChI is InChI=1S/C11H19N3O/c1-8(2)9(5-7-15)14-10-4-3-6-13-11(10)12/h3-4,6,8-9,14-15H,5,7H2,1-2H3,(H2,12,13). The van der Waals surface area contributed by atoms with Gasteiger partial charge in [-0.3, -0.25) is 0 Å². The third kappa shape index (κ3) is 3.40. The van der Waals surface area contributed by atoms with Gasteiger partial charge in [0.05, 0.1) is 5.69 Å². The first-order valence-electron chi connectivity index (χ1n) is 5.23. The van der Waals surface area contributed by atoms with E-state index in [4.69, 9.17) is 10.8 Å². The van der Waals surface area contributed by atoms with Crippen molar-refractivity contribution in [3.63, 3.8) is 0 Å². The highest BCUT2D eigenvalue weighted by Crippen LogP contribution is 2.19. The van der Waals surface area contributed by atoms with Crippen molar-refractivity contribution in [2.75, 3.05) is 17.7 Å². The number of hydrogen-bond donors (Lipinski definition) is 3. The van der Waals surface area contributed by atoms with E-state index in [2.05, 4.69) is 24.1 Å². The minimum absolute atomic E-state index is 0.177. The van der Waals surface area contributed by atoms with Crippen LogP contribution in [0.2, 0.25) is 0 Å². The van der Waals surface area contributed by atoms with Gasteiger partial charge in [-0.25, -0.2) is 4.98 Å². The lowest BCUT2D eigenvalue weighted by Gasteiger charge is -2.23. The lowest BCUT2D eigenvalue weighted by molar-refractivity contribution is 0.267. The van der Waals surface area contributed by atoms with Gasteiger partial charge in [0.2, 0.25) is 0 Å². The van der Waals surface area contributed by atoms with Gasteiger partial charge >= 0.3 is 0 Å². The van der Waals surface area contributed by atoms with Gasteiger partial charge in [-0.2, -0.15) is 0 Å². The van der Waals surface area contributed by atoms with Crippen molar-refractivity contribution in [1.29, 1.82) is 0 Å². The number of nitrogens with two attached hydrogens (primary N) is 1. The summed E-state index contributed by atoms with van der Waals surface area (Å²) in [7, 11) is 0. The Morgan fingerprint density at radius 1 is 1.53 bits per heavy atom. The molecule has 4 heteroatoms. The van der Waals surface area contributed by atoms with Crippen LogP contribution in [0.3, 0.4) is 0 Å². The number of anilines is 2. The summed E-state index contributed by atoms with van der Waals surface area (Å²) in [4.78, 5) is 4.00. The van der Waals surface area contributed by atoms with Gasteiger partial charge in [-0.15, -0.1) is 0 Å². The Kier molecular flexibility index (Phi) is 4.37. The highest BCUT2D eigenvalue weighted by Gasteiger charge is 2.13. The summed E-state index contributed by atoms with van der Waals surface area (Å²) in [5.41, 5.74) is 6.57. The van der Waals surface area contributed by atoms with Crippen LogP contribution in [0.1, 0.15) is 20.3 Å². The zero-order chi connectivity index (χ0) is 11.3. The predicted octanol–water partition coefficient (Wildman–Crippen LogP) is 1.48. The average molecular weight is 209 g/mol. The van der Waals surface area contributed by atoms with E-state index < -0.39 is 0 Å². The summed E-state index contributed by atoms with van der Waals surface area (Å²) < 4.78 is 0. The van der Waals surface area contributed by atoms with Crippen molar-refractivity contribution < 1.29 is 5.11 Å². The molecule has 1 aromatic rings. The van der Waals surface area contributed by atoms with E-state index in [0.717, 1.165) is 5.69 Å². The topological polar surface area (TPSA) is 71.2 Å². The molecule has 0 fully saturated rings. The molecule has 15 heavy (non-hydrogen) atoms. The van der Waals surface area contributed by atoms with E-state index in [-0.39, 0.29) is 12.6 Å². The molecule has 0 saturated carbocycles. The van der Waals surface area contributed by atoms with Gasteiger partial charge in [-0.1, -0.05) is 13.8 Å². The molecule has 4 N–H and O–H groups in total. The molecule has 0 aromatic carbocycles. The van der Waals surface area contributed by atoms with Crippen molar-refractivity contribution in [3.05, 3.63) is 18.3 Å². The summed E-state index contributed by atoms with van der Waals surface area (Å²) in [5, 5.41) is 12.2. The maximum atomic E-state index is 8.95. The third-order valence-electron chi connectivity index (χ3n) is 2.42. The number of nitrogens with one attached hydrogen (secondary N) is 1. The number of nitrogens with zero attached hydrogens (tertiary/aromatic N) is 1. The zero-order valence-corrected chi connectivity index (χ0v) is 9.27. The Hall–Kier alpha value is -1.29. The van der Waals surface area contributed by atoms with Gasteiger partial charge in [0.15, 0.2) is 0 Å². The smallest absolute Gasteiger partial charge is 0.146 e. The molecule has 4 nitrogen and oxygen atoms in total. The van der Waals surface area contributed by atoms with Crippen LogP contribution in [0.25, 0.3) is 0 Å². The molecule has 84 valence electrons. The summed E-state index contributed by atoms with van der Waals surface area (Å²) in [6.07, 6.45) is 2.38. The van der Waals surface area contributed by atoms with Crippen LogP contribution >= 0.6 is 0 Å². The number of aliphatic hydroxyl groups is 1. The summed E-state index contributed by atoms with van der Waals surface area (Å²) in [6, 6.07) is 3.96. The second-order valence-corrected chi connectivity index (χ2v) is 3.94. The van der Waals surface area contributed by atoms with E-state index in [1.807, 2.05) is 12.1 Å². The Morgan fingerprint density at radius 3 is 2.80 bits per heavy atom. The van der Waals surface area contributed by atoms with Crippen LogP contribution in [-0.2, 0) is 0 Å². The Morgan fingerprint density at radius 2 is 2.27 bits per heavy atom. The molecule has 0 saturated heterocycles. The van der Waals surface area contributed by atoms with Gasteiger partial charge in [0.25, 0.3) is 0 Å². The van der Waals surface area contributed by atoms with Crippen LogP contribution in [-0.4, -0.2) is 22.7 Å². The molecule has 0 bridgehead atoms. The van der Waals surface area contributed by atoms with E-state index in [1.54, 1.807) is 6.20 Å². The number of nitrogen functional groups attached to an aromatic ring is 1. The van der Waals surface area contributed by atoms with Crippen LogP contribution in [0.5, 0.6) is 0 Å². The van der Waals surface area contributed by atoms with Crippen molar-refractivity contribution >= 4 is 11.5 Å². The Balaban J connectivity index is 2.69. The van der Waals surface area contributed by atoms with E-state index in [9.17, 15) is 0 Å². The maximum Gasteiger partial charge on any atom is 0.146 e. The highest BCUT2D eigenvalue weighted by atomic mass is 16.3. The van der Waals surface area contributed by atoms with Gasteiger partial charge in [0.1, 0.15) is 5.82 Å². The molecular formula is C11H19N3O. The SMILES string of the molecule is CC(C)C(CCO)Nc1cccnc1N. The van der Waals surface area contributed by atoms with Gasteiger partial charge in [0, 0.05) is 18.8 Å². The predicted molar refractivity (Wildman–Crippen MR) is 62.6 cm³/mol. The molecular weight excluding hydrogens is 190 g/mol. The minimum Gasteiger partial charge on any atom is -0.396 e. The van der Waals surface area contributed by atoms with Crippen LogP contribution < -0.4 is 11.1 Å². The van der Waals surface area contributed by atoms with Crippen molar-refractivity contribution in [1.82, 2.24) is 4.98 Å². The molecule has 0 amide bonds. The van der Waals surface area contributed by atoms with Crippen molar-refractivity contribution in [2.45, 2.75) is 26.3 Å². The number of aliphatic hydroxyl groups excluding tert-OH is 1. The van der Waals surface area contributed by atoms with Crippen LogP contribution in [0, 0.1) is 5.92 Å². The molecule has 1 heterocycles. The molecule has 0 aliphatic heterocycles. The average Bonchev–Trinajstić information content (AvgIpc) is 2.20. The molecule has 1 atom stereocenters. The number of hydrogen-bond acceptors (Lipinski definition) is 4. The van der Waals surface area contributed by atoms with Crippen LogP contribution in [0.15, 0.2) is 18.3 Å². The van der Waals surface area contributed by atoms with Gasteiger partial charge < -0.3 is 16.2 Å². The quantitative estimate of drug-likeness (QED) is 0.687. The highest BCUT2D eigenvalue weighted by molar-refractivity contribution is 5.61. The number of rotatable bonds is 5. The fourth-order valence-electron chi connectivity index (χ4n) is 1.45. The van der Waals surface area contributed by atoms with E-state index in [0.29, 0.717) is 18.2 Å². The fraction of sp³-hybridized carbons (Fsp3) is 0.545. The largest absolute Gasteiger partial charge is 0.396 e. The lowest BCUT2D eigenvalue weighted by Crippen LogP contribution is -2.27. The molecule has 1 aromatic heterocycles. The first-order chi connectivity index (χ1) is 7.15. The summed E-state index contributed by atoms with van der Waals surface area (Å²) in [6.45, 7) is 4.40. The fourth-order valence-corrected chi connectivity index (χ4v) is 1.45. The molecule has 0 aliphatic rings. The first kappa shape index (κ1) is 11.8. The van der Waals surface area contributed by atoms with Gasteiger partial charge in [-0.05, 0) is 24.5 Å². The zero-order valence-electron chi connectivity index (χ0n) is 9.27. The van der Waals surface area contributed by atoms with Crippen molar-refractivity contribution in [2.24, 2.45) is 5.92 Å². The van der Waals surface area contributed by atoms with E-state index >= 15 is 0 Å². The first-order valence-corrected chi connectivity index (χ1v) is 5.23. The van der Waals surface area contributed by atoms with Crippen LogP contribution in [0.4, 0.5) is 11.5 Å². The molecule has 0 aliphatic carbocycles. The second-order valence-electron chi connectivity index (χ2n) is 3.94. The Labute approximate surface area is 90.5 Å². The third-order valence-corrected chi connectivity index (χ3v) is 2.42. The summed E-state index contributed by atoms with van der Waals surface area (Å²) >= 11 is 0. The second kappa shape index (κ2) is 5.56. The monoisotopic (exact) mass is 209 g/mol. The Bertz CT molecular complexity index is 302. The molecule has 1 rings (SSSR count). The van der Waals surface area contributed by atoms with Crippen molar-refractivity contribution in [3.8, 4) is 0 Å². The lowest BCUT2D eigenvalue weighted by atomic mass is 10.0.